The average molecular weight is 309 g/mol. The van der Waals surface area contributed by atoms with Gasteiger partial charge >= 0.3 is 5.69 Å². The van der Waals surface area contributed by atoms with Crippen molar-refractivity contribution in [1.82, 2.24) is 4.98 Å². The van der Waals surface area contributed by atoms with E-state index in [1.54, 1.807) is 6.92 Å². The van der Waals surface area contributed by atoms with Crippen molar-refractivity contribution in [3.05, 3.63) is 22.2 Å². The summed E-state index contributed by atoms with van der Waals surface area (Å²) >= 11 is 5.56. The first-order chi connectivity index (χ1) is 8.81. The van der Waals surface area contributed by atoms with Crippen LogP contribution in [0.3, 0.4) is 0 Å². The highest BCUT2D eigenvalue weighted by molar-refractivity contribution is 7.91. The highest BCUT2D eigenvalue weighted by Crippen LogP contribution is 2.26. The van der Waals surface area contributed by atoms with E-state index in [-0.39, 0.29) is 23.4 Å². The number of hydrogen-bond acceptors (Lipinski definition) is 6. The summed E-state index contributed by atoms with van der Waals surface area (Å²) in [6, 6.07) is 2.30. The predicted octanol–water partition coefficient (Wildman–Crippen LogP) is 1.65. The van der Waals surface area contributed by atoms with E-state index in [0.717, 1.165) is 6.07 Å². The lowest BCUT2D eigenvalue weighted by atomic mass is 10.3. The molecule has 0 fully saturated rings. The second-order valence-corrected chi connectivity index (χ2v) is 6.23. The van der Waals surface area contributed by atoms with Crippen molar-refractivity contribution >= 4 is 27.1 Å². The number of nitro groups is 1. The van der Waals surface area contributed by atoms with Crippen LogP contribution in [0.5, 0.6) is 5.88 Å². The molecular formula is C10H13ClN2O5S. The second kappa shape index (κ2) is 6.16. The van der Waals surface area contributed by atoms with E-state index < -0.39 is 25.5 Å². The molecule has 7 nitrogen and oxygen atoms in total. The largest absolute Gasteiger partial charge is 0.481 e. The van der Waals surface area contributed by atoms with Gasteiger partial charge in [-0.25, -0.2) is 8.42 Å². The number of nitrogens with zero attached hydrogens (tertiary/aromatic N) is 2. The van der Waals surface area contributed by atoms with Gasteiger partial charge in [-0.2, -0.15) is 4.98 Å². The maximum Gasteiger partial charge on any atom is 0.306 e. The van der Waals surface area contributed by atoms with Crippen LogP contribution in [0.25, 0.3) is 0 Å². The Kier molecular flexibility index (Phi) is 5.07. The number of halogens is 1. The van der Waals surface area contributed by atoms with Gasteiger partial charge in [0.15, 0.2) is 0 Å². The third-order valence-corrected chi connectivity index (χ3v) is 4.71. The van der Waals surface area contributed by atoms with E-state index in [9.17, 15) is 18.5 Å². The molecule has 1 heterocycles. The maximum atomic E-state index is 12.1. The van der Waals surface area contributed by atoms with Crippen molar-refractivity contribution < 1.29 is 18.1 Å². The first-order valence-corrected chi connectivity index (χ1v) is 7.48. The fraction of sp³-hybridized carbons (Fsp3) is 0.500. The lowest BCUT2D eigenvalue weighted by molar-refractivity contribution is -0.388. The van der Waals surface area contributed by atoms with Crippen molar-refractivity contribution in [1.29, 1.82) is 0 Å². The molecule has 1 rings (SSSR count). The summed E-state index contributed by atoms with van der Waals surface area (Å²) in [7, 11) is -2.60. The van der Waals surface area contributed by atoms with Crippen molar-refractivity contribution in [2.45, 2.75) is 11.9 Å². The molecule has 0 saturated carbocycles. The van der Waals surface area contributed by atoms with Crippen molar-refractivity contribution in [2.75, 3.05) is 18.7 Å². The number of pyridine rings is 1. The Balaban J connectivity index is 3.33. The normalized spacial score (nSPS) is 13.0. The van der Waals surface area contributed by atoms with Crippen LogP contribution in [0.15, 0.2) is 17.2 Å². The van der Waals surface area contributed by atoms with Crippen LogP contribution in [0.2, 0.25) is 0 Å². The quantitative estimate of drug-likeness (QED) is 0.450. The monoisotopic (exact) mass is 308 g/mol. The van der Waals surface area contributed by atoms with E-state index in [1.165, 1.54) is 13.2 Å². The average Bonchev–Trinajstić information content (AvgIpc) is 2.37. The predicted molar refractivity (Wildman–Crippen MR) is 69.4 cm³/mol. The summed E-state index contributed by atoms with van der Waals surface area (Å²) in [5, 5.41) is 10.3. The molecule has 0 radical (unpaired) electrons. The summed E-state index contributed by atoms with van der Waals surface area (Å²) in [5.74, 6) is -0.504. The Labute approximate surface area is 115 Å². The zero-order valence-electron chi connectivity index (χ0n) is 10.4. The van der Waals surface area contributed by atoms with E-state index in [0.29, 0.717) is 0 Å². The van der Waals surface area contributed by atoms with Gasteiger partial charge in [-0.3, -0.25) is 10.1 Å². The SMILES string of the molecule is COc1ccc([N+](=O)[O-])c(S(=O)(=O)CC(C)CCl)n1. The molecule has 1 unspecified atom stereocenters. The summed E-state index contributed by atoms with van der Waals surface area (Å²) in [6.45, 7) is 1.64. The highest BCUT2D eigenvalue weighted by Gasteiger charge is 2.29. The minimum Gasteiger partial charge on any atom is -0.481 e. The molecular weight excluding hydrogens is 296 g/mol. The van der Waals surface area contributed by atoms with Gasteiger partial charge in [0, 0.05) is 18.0 Å². The molecule has 0 aliphatic heterocycles. The molecule has 1 aromatic heterocycles. The maximum absolute atomic E-state index is 12.1. The van der Waals surface area contributed by atoms with Gasteiger partial charge in [0.05, 0.1) is 17.8 Å². The third-order valence-electron chi connectivity index (χ3n) is 2.28. The molecule has 1 aromatic rings. The summed E-state index contributed by atoms with van der Waals surface area (Å²) < 4.78 is 29.0. The third kappa shape index (κ3) is 3.77. The molecule has 1 atom stereocenters. The van der Waals surface area contributed by atoms with Gasteiger partial charge in [-0.05, 0) is 5.92 Å². The zero-order chi connectivity index (χ0) is 14.6. The van der Waals surface area contributed by atoms with Crippen molar-refractivity contribution in [3.8, 4) is 5.88 Å². The molecule has 0 N–H and O–H groups in total. The number of methoxy groups -OCH3 is 1. The first-order valence-electron chi connectivity index (χ1n) is 5.30. The van der Waals surface area contributed by atoms with E-state index in [1.807, 2.05) is 0 Å². The van der Waals surface area contributed by atoms with Gasteiger partial charge in [0.1, 0.15) is 0 Å². The fourth-order valence-electron chi connectivity index (χ4n) is 1.40. The molecule has 0 bridgehead atoms. The first kappa shape index (κ1) is 15.6. The molecule has 106 valence electrons. The molecule has 0 saturated heterocycles. The lowest BCUT2D eigenvalue weighted by Crippen LogP contribution is -2.18. The Hall–Kier alpha value is -1.41. The van der Waals surface area contributed by atoms with E-state index in [2.05, 4.69) is 4.98 Å². The molecule has 0 aliphatic carbocycles. The van der Waals surface area contributed by atoms with Crippen LogP contribution in [-0.4, -0.2) is 37.1 Å². The van der Waals surface area contributed by atoms with Crippen LogP contribution >= 0.6 is 11.6 Å². The van der Waals surface area contributed by atoms with Crippen LogP contribution in [0.1, 0.15) is 6.92 Å². The number of aromatic nitrogens is 1. The van der Waals surface area contributed by atoms with Gasteiger partial charge in [0.2, 0.25) is 20.7 Å². The summed E-state index contributed by atoms with van der Waals surface area (Å²) in [5.41, 5.74) is -0.567. The minimum atomic E-state index is -3.90. The van der Waals surface area contributed by atoms with Crippen LogP contribution in [0, 0.1) is 16.0 Å². The standard InChI is InChI=1S/C10H13ClN2O5S/c1-7(5-11)6-19(16,17)10-8(13(14)15)3-4-9(12-10)18-2/h3-4,7H,5-6H2,1-2H3. The summed E-state index contributed by atoms with van der Waals surface area (Å²) in [4.78, 5) is 13.7. The van der Waals surface area contributed by atoms with Gasteiger partial charge in [0.25, 0.3) is 0 Å². The molecule has 9 heteroatoms. The topological polar surface area (TPSA) is 99.4 Å². The van der Waals surface area contributed by atoms with Crippen LogP contribution in [0.4, 0.5) is 5.69 Å². The number of ether oxygens (including phenoxy) is 1. The second-order valence-electron chi connectivity index (χ2n) is 3.98. The number of sulfone groups is 1. The molecule has 0 amide bonds. The number of hydrogen-bond donors (Lipinski definition) is 0. The van der Waals surface area contributed by atoms with Crippen LogP contribution < -0.4 is 4.74 Å². The Bertz CT molecular complexity index is 575. The van der Waals surface area contributed by atoms with E-state index >= 15 is 0 Å². The molecule has 0 aromatic carbocycles. The Morgan fingerprint density at radius 2 is 2.16 bits per heavy atom. The van der Waals surface area contributed by atoms with E-state index in [4.69, 9.17) is 16.3 Å². The Morgan fingerprint density at radius 3 is 2.63 bits per heavy atom. The molecule has 0 aliphatic rings. The zero-order valence-corrected chi connectivity index (χ0v) is 11.9. The van der Waals surface area contributed by atoms with Gasteiger partial charge in [-0.1, -0.05) is 6.92 Å². The number of alkyl halides is 1. The highest BCUT2D eigenvalue weighted by atomic mass is 35.5. The van der Waals surface area contributed by atoms with Gasteiger partial charge in [-0.15, -0.1) is 11.6 Å². The van der Waals surface area contributed by atoms with Crippen LogP contribution in [-0.2, 0) is 9.84 Å². The van der Waals surface area contributed by atoms with Gasteiger partial charge < -0.3 is 4.74 Å². The minimum absolute atomic E-state index is 0.00250. The molecule has 0 spiro atoms. The smallest absolute Gasteiger partial charge is 0.306 e. The fourth-order valence-corrected chi connectivity index (χ4v) is 3.35. The molecule has 19 heavy (non-hydrogen) atoms. The number of rotatable bonds is 6. The summed E-state index contributed by atoms with van der Waals surface area (Å²) in [6.07, 6.45) is 0. The van der Waals surface area contributed by atoms with Crippen molar-refractivity contribution in [3.63, 3.8) is 0 Å². The lowest BCUT2D eigenvalue weighted by Gasteiger charge is -2.09. The Morgan fingerprint density at radius 1 is 1.53 bits per heavy atom. The van der Waals surface area contributed by atoms with Crippen molar-refractivity contribution in [2.24, 2.45) is 5.92 Å².